The molecule has 0 aromatic heterocycles. The van der Waals surface area contributed by atoms with Crippen molar-refractivity contribution in [2.75, 3.05) is 46.3 Å². The molecule has 0 bridgehead atoms. The second-order valence-corrected chi connectivity index (χ2v) is 21.3. The normalized spacial score (nSPS) is 41.3. The van der Waals surface area contributed by atoms with Gasteiger partial charge >= 0.3 is 11.9 Å². The van der Waals surface area contributed by atoms with Crippen molar-refractivity contribution in [2.24, 2.45) is 62.1 Å². The van der Waals surface area contributed by atoms with Gasteiger partial charge in [0.25, 0.3) is 0 Å². The van der Waals surface area contributed by atoms with Gasteiger partial charge in [-0.2, -0.15) is 0 Å². The molecule has 2 N–H and O–H groups in total. The Morgan fingerprint density at radius 3 is 2.23 bits per heavy atom. The minimum absolute atomic E-state index is 0.0682. The number of aliphatic carboxylic acids is 1. The zero-order valence-electron chi connectivity index (χ0n) is 35.1. The van der Waals surface area contributed by atoms with Crippen molar-refractivity contribution >= 4 is 17.8 Å². The number of nitrogens with one attached hydrogen (secondary N) is 1. The summed E-state index contributed by atoms with van der Waals surface area (Å²) < 4.78 is 6.19. The van der Waals surface area contributed by atoms with E-state index in [0.29, 0.717) is 36.0 Å². The number of carboxylic acids is 1. The van der Waals surface area contributed by atoms with Gasteiger partial charge in [-0.15, -0.1) is 0 Å². The van der Waals surface area contributed by atoms with E-state index in [0.717, 1.165) is 77.8 Å². The molecule has 1 amide bonds. The predicted octanol–water partition coefficient (Wildman–Crippen LogP) is 8.20. The van der Waals surface area contributed by atoms with Crippen LogP contribution < -0.4 is 5.32 Å². The monoisotopic (exact) mass is 738 g/mol. The number of hydrogen-bond donors (Lipinski definition) is 2. The summed E-state index contributed by atoms with van der Waals surface area (Å²) in [5.41, 5.74) is 0.606. The van der Waals surface area contributed by atoms with Gasteiger partial charge in [-0.05, 0) is 156 Å². The Morgan fingerprint density at radius 1 is 0.868 bits per heavy atom. The van der Waals surface area contributed by atoms with Crippen molar-refractivity contribution in [1.82, 2.24) is 15.1 Å². The lowest BCUT2D eigenvalue weighted by Crippen LogP contribution is -2.67. The standard InChI is InChI=1S/C45H75N3O5/c1-30(2)31-14-19-45(28-36(49)46-22-11-23-48-26-24-47(10)25-27-48)21-20-43(8)32(38(31)45)12-13-34-42(7)17-16-35(53-37(50)29-40(3,4)39(51)52)41(5,6)33(42)15-18-44(34,43)9/h31-35,38H,1,11-29H2,2-10H3,(H,46,49)(H,51,52)/t31-,32+,33-,34+,35-,38+,42-,43+,44+,45+/m0/s1. The molecule has 5 aliphatic carbocycles. The number of rotatable bonds is 11. The van der Waals surface area contributed by atoms with E-state index in [4.69, 9.17) is 4.74 Å². The Bertz CT molecular complexity index is 1420. The van der Waals surface area contributed by atoms with Gasteiger partial charge in [0.1, 0.15) is 6.10 Å². The number of piperazine rings is 1. The molecule has 6 fully saturated rings. The van der Waals surface area contributed by atoms with E-state index in [1.54, 1.807) is 13.8 Å². The van der Waals surface area contributed by atoms with E-state index in [9.17, 15) is 19.5 Å². The molecular formula is C45H75N3O5. The minimum atomic E-state index is -1.14. The van der Waals surface area contributed by atoms with Gasteiger partial charge in [-0.25, -0.2) is 0 Å². The van der Waals surface area contributed by atoms with Crippen LogP contribution in [0.25, 0.3) is 0 Å². The molecule has 8 heteroatoms. The molecule has 0 aromatic rings. The molecule has 6 rings (SSSR count). The third kappa shape index (κ3) is 7.05. The summed E-state index contributed by atoms with van der Waals surface area (Å²) in [4.78, 5) is 43.6. The van der Waals surface area contributed by atoms with Crippen LogP contribution in [0.1, 0.15) is 139 Å². The van der Waals surface area contributed by atoms with Gasteiger partial charge in [-0.1, -0.05) is 46.8 Å². The van der Waals surface area contributed by atoms with Crippen molar-refractivity contribution in [3.05, 3.63) is 12.2 Å². The van der Waals surface area contributed by atoms with E-state index >= 15 is 0 Å². The highest BCUT2D eigenvalue weighted by Gasteiger charge is 2.71. The Balaban J connectivity index is 1.16. The van der Waals surface area contributed by atoms with Crippen LogP contribution in [0.3, 0.4) is 0 Å². The summed E-state index contributed by atoms with van der Waals surface area (Å²) in [6, 6.07) is 0. The second-order valence-electron chi connectivity index (χ2n) is 21.3. The van der Waals surface area contributed by atoms with Crippen LogP contribution in [0.4, 0.5) is 0 Å². The first-order valence-corrected chi connectivity index (χ1v) is 21.5. The van der Waals surface area contributed by atoms with Crippen LogP contribution in [0.15, 0.2) is 12.2 Å². The molecule has 0 spiro atoms. The molecule has 0 unspecified atom stereocenters. The molecule has 0 aromatic carbocycles. The molecule has 6 aliphatic rings. The minimum Gasteiger partial charge on any atom is -0.481 e. The fourth-order valence-electron chi connectivity index (χ4n) is 14.4. The summed E-state index contributed by atoms with van der Waals surface area (Å²) in [5, 5.41) is 13.0. The van der Waals surface area contributed by atoms with E-state index in [1.165, 1.54) is 37.7 Å². The molecular weight excluding hydrogens is 663 g/mol. The largest absolute Gasteiger partial charge is 0.481 e. The Hall–Kier alpha value is -1.93. The van der Waals surface area contributed by atoms with Crippen molar-refractivity contribution < 1.29 is 24.2 Å². The Kier molecular flexibility index (Phi) is 11.2. The van der Waals surface area contributed by atoms with Crippen molar-refractivity contribution in [3.63, 3.8) is 0 Å². The fourth-order valence-corrected chi connectivity index (χ4v) is 14.4. The molecule has 0 radical (unpaired) electrons. The number of amides is 1. The van der Waals surface area contributed by atoms with Crippen molar-refractivity contribution in [3.8, 4) is 0 Å². The molecule has 1 heterocycles. The lowest BCUT2D eigenvalue weighted by Gasteiger charge is -2.73. The van der Waals surface area contributed by atoms with E-state index in [1.807, 2.05) is 0 Å². The van der Waals surface area contributed by atoms with Gasteiger partial charge in [0.15, 0.2) is 0 Å². The number of esters is 1. The number of allylic oxidation sites excluding steroid dienone is 1. The summed E-state index contributed by atoms with van der Waals surface area (Å²) >= 11 is 0. The number of likely N-dealkylation sites (N-methyl/N-ethyl adjacent to an activating group) is 1. The van der Waals surface area contributed by atoms with Gasteiger partial charge in [0, 0.05) is 44.6 Å². The zero-order valence-corrected chi connectivity index (χ0v) is 35.1. The SMILES string of the molecule is C=C(C)[C@@H]1CC[C@]2(CC(=O)NCCCN3CCN(C)CC3)CC[C@]3(C)[C@H](CC[C@@H]4[C@@]5(C)CC[C@H](OC(=O)CC(C)(C)C(=O)O)C(C)(C)[C@@H]5CC[C@]43C)[C@@H]12. The highest BCUT2D eigenvalue weighted by atomic mass is 16.5. The van der Waals surface area contributed by atoms with Crippen LogP contribution >= 0.6 is 0 Å². The first-order valence-electron chi connectivity index (χ1n) is 21.5. The Labute approximate surface area is 322 Å². The quantitative estimate of drug-likeness (QED) is 0.125. The van der Waals surface area contributed by atoms with Crippen LogP contribution in [0.2, 0.25) is 0 Å². The number of nitrogens with zero attached hydrogens (tertiary/aromatic N) is 2. The Morgan fingerprint density at radius 2 is 1.57 bits per heavy atom. The van der Waals surface area contributed by atoms with Gasteiger partial charge in [-0.3, -0.25) is 14.4 Å². The first kappa shape index (κ1) is 40.7. The molecule has 10 atom stereocenters. The maximum absolute atomic E-state index is 13.8. The van der Waals surface area contributed by atoms with Gasteiger partial charge < -0.3 is 25.0 Å². The van der Waals surface area contributed by atoms with Crippen molar-refractivity contribution in [2.45, 2.75) is 145 Å². The molecule has 5 saturated carbocycles. The van der Waals surface area contributed by atoms with Crippen LogP contribution in [0.5, 0.6) is 0 Å². The highest BCUT2D eigenvalue weighted by molar-refractivity contribution is 5.81. The number of hydrogen-bond acceptors (Lipinski definition) is 6. The lowest BCUT2D eigenvalue weighted by atomic mass is 9.32. The molecule has 8 nitrogen and oxygen atoms in total. The predicted molar refractivity (Wildman–Crippen MR) is 211 cm³/mol. The topological polar surface area (TPSA) is 99.2 Å². The molecule has 1 aliphatic heterocycles. The van der Waals surface area contributed by atoms with Gasteiger partial charge in [0.05, 0.1) is 11.8 Å². The van der Waals surface area contributed by atoms with Crippen LogP contribution in [-0.2, 0) is 19.1 Å². The third-order valence-electron chi connectivity index (χ3n) is 17.7. The number of carboxylic acid groups (broad SMARTS) is 1. The maximum Gasteiger partial charge on any atom is 0.309 e. The summed E-state index contributed by atoms with van der Waals surface area (Å²) in [5.74, 6) is 1.53. The third-order valence-corrected chi connectivity index (χ3v) is 17.7. The summed E-state index contributed by atoms with van der Waals surface area (Å²) in [7, 11) is 2.20. The number of ether oxygens (including phenoxy) is 1. The van der Waals surface area contributed by atoms with E-state index < -0.39 is 11.4 Å². The number of carbonyl (C=O) groups is 3. The number of fused-ring (bicyclic) bond motifs is 7. The fraction of sp³-hybridized carbons (Fsp3) is 0.889. The van der Waals surface area contributed by atoms with E-state index in [-0.39, 0.29) is 51.5 Å². The van der Waals surface area contributed by atoms with Crippen molar-refractivity contribution in [1.29, 1.82) is 0 Å². The van der Waals surface area contributed by atoms with E-state index in [2.05, 4.69) is 70.3 Å². The first-order chi connectivity index (χ1) is 24.7. The average Bonchev–Trinajstić information content (AvgIpc) is 3.45. The van der Waals surface area contributed by atoms with Crippen LogP contribution in [-0.4, -0.2) is 85.2 Å². The maximum atomic E-state index is 13.8. The highest BCUT2D eigenvalue weighted by Crippen LogP contribution is 2.78. The molecule has 300 valence electrons. The summed E-state index contributed by atoms with van der Waals surface area (Å²) in [6.45, 7) is 28.9. The molecule has 53 heavy (non-hydrogen) atoms. The van der Waals surface area contributed by atoms with Crippen LogP contribution in [0, 0.1) is 62.1 Å². The average molecular weight is 738 g/mol. The second kappa shape index (κ2) is 14.5. The smallest absolute Gasteiger partial charge is 0.309 e. The summed E-state index contributed by atoms with van der Waals surface area (Å²) in [6.07, 6.45) is 12.7. The molecule has 1 saturated heterocycles. The lowest BCUT2D eigenvalue weighted by molar-refractivity contribution is -0.250. The number of carbonyl (C=O) groups excluding carboxylic acids is 2. The zero-order chi connectivity index (χ0) is 38.8. The van der Waals surface area contributed by atoms with Gasteiger partial charge in [0.2, 0.25) is 5.91 Å².